The van der Waals surface area contributed by atoms with Crippen LogP contribution in [0.4, 0.5) is 39.5 Å². The molecule has 3 aromatic heterocycles. The van der Waals surface area contributed by atoms with E-state index < -0.39 is 40.8 Å². The molecule has 0 fully saturated rings. The topological polar surface area (TPSA) is 35.6 Å². The van der Waals surface area contributed by atoms with E-state index in [1.165, 1.54) is 12.1 Å². The largest absolute Gasteiger partial charge is 0.417 e. The quantitative estimate of drug-likeness (QED) is 0.128. The zero-order valence-corrected chi connectivity index (χ0v) is 53.1. The molecule has 0 saturated heterocycles. The lowest BCUT2D eigenvalue weighted by Crippen LogP contribution is -2.12. The van der Waals surface area contributed by atoms with Crippen molar-refractivity contribution in [1.29, 1.82) is 0 Å². The number of alkyl halides is 9. The molecule has 13 aromatic carbocycles. The number of fused-ring (bicyclic) bond motifs is 9. The minimum absolute atomic E-state index is 0.0181. The Hall–Kier alpha value is -12.1. The fourth-order valence-corrected chi connectivity index (χ4v) is 14.9. The highest BCUT2D eigenvalue weighted by molar-refractivity contribution is 6.14. The second-order valence-corrected chi connectivity index (χ2v) is 25.3. The van der Waals surface area contributed by atoms with Gasteiger partial charge in [-0.1, -0.05) is 206 Å². The Balaban J connectivity index is 1.01. The summed E-state index contributed by atoms with van der Waals surface area (Å²) in [6.07, 6.45) is -14.9. The third-order valence-corrected chi connectivity index (χ3v) is 19.4. The molecule has 1 aliphatic rings. The van der Waals surface area contributed by atoms with Crippen LogP contribution in [-0.2, 0) is 18.5 Å². The number of aromatic nitrogens is 4. The van der Waals surface area contributed by atoms with Crippen molar-refractivity contribution in [2.24, 2.45) is 0 Å². The number of benzene rings is 13. The van der Waals surface area contributed by atoms with Crippen LogP contribution >= 0.6 is 0 Å². The Morgan fingerprint density at radius 1 is 0.300 bits per heavy atom. The van der Waals surface area contributed by atoms with Gasteiger partial charge < -0.3 is 9.13 Å². The molecule has 0 bridgehead atoms. The summed E-state index contributed by atoms with van der Waals surface area (Å²) >= 11 is 0. The molecule has 4 nitrogen and oxygen atoms in total. The molecule has 3 heterocycles. The summed E-state index contributed by atoms with van der Waals surface area (Å²) in [6.45, 7) is 1.59. The van der Waals surface area contributed by atoms with Crippen molar-refractivity contribution >= 4 is 43.6 Å². The van der Waals surface area contributed by atoms with Gasteiger partial charge >= 0.3 is 18.5 Å². The highest BCUT2D eigenvalue weighted by Gasteiger charge is 2.39. The predicted octanol–water partition coefficient (Wildman–Crippen LogP) is 24.9. The summed E-state index contributed by atoms with van der Waals surface area (Å²) in [5, 5.41) is 3.03. The van der Waals surface area contributed by atoms with Gasteiger partial charge in [-0.15, -0.1) is 0 Å². The molecule has 484 valence electrons. The first-order valence-electron chi connectivity index (χ1n) is 32.5. The van der Waals surface area contributed by atoms with Crippen LogP contribution in [0.25, 0.3) is 145 Å². The smallest absolute Gasteiger partial charge is 0.309 e. The van der Waals surface area contributed by atoms with Crippen LogP contribution in [0.1, 0.15) is 44.9 Å². The number of rotatable bonds is 10. The monoisotopic (exact) mass is 1320 g/mol. The molecule has 0 spiro atoms. The van der Waals surface area contributed by atoms with Gasteiger partial charge in [-0.25, -0.2) is 9.97 Å². The Bertz CT molecular complexity index is 5800. The summed E-state index contributed by atoms with van der Waals surface area (Å²) in [5.74, 6) is 0.299. The number of hydrogen-bond donors (Lipinski definition) is 0. The molecule has 1 aliphatic carbocycles. The molecule has 16 aromatic rings. The SMILES string of the molecule is Cc1cc(C(F)(F)F)ccc1-c1ccc2c(c1)c1cc(-c3ccc(C(F)(F)F)cc3C(F)(F)F)ccc1n2-c1c(-c2cccc(C3c4ccccc4-c4ccccc43)c2)cc(-c2cc(-c3ccccc3)nc(-c3ccccc3)n2)cc1-c1cccc(-n2c3ccccc3c3ccccc32)c1. The Kier molecular flexibility index (Phi) is 14.5. The standard InChI is InChI=1S/C87H53F9N4/c1-51-42-60(85(88,89)90)36-38-63(51)56-34-40-80-73(45-56)74-46-57(64-39-37-61(86(91,92)93)49-75(64)87(94,95)96)35-41-81(74)100(80)83-71(54-22-16-24-58(43-54)82-69-30-10-8-26-65(69)66-27-9-11-31-70(66)82)47-59(77-50-76(52-18-4-2-5-19-52)97-84(98-77)53-20-6-3-7-21-53)48-72(83)55-23-17-25-62(44-55)99-78-32-14-12-28-67(78)68-29-13-15-33-79(68)99/h2-50,82H,1H3. The molecule has 0 amide bonds. The van der Waals surface area contributed by atoms with Crippen molar-refractivity contribution < 1.29 is 39.5 Å². The summed E-state index contributed by atoms with van der Waals surface area (Å²) in [7, 11) is 0. The van der Waals surface area contributed by atoms with E-state index in [2.05, 4.69) is 124 Å². The van der Waals surface area contributed by atoms with Crippen LogP contribution < -0.4 is 0 Å². The average Bonchev–Trinajstić information content (AvgIpc) is 1.51. The van der Waals surface area contributed by atoms with Crippen LogP contribution in [0.3, 0.4) is 0 Å². The molecular weight excluding hydrogens is 1270 g/mol. The normalized spacial score (nSPS) is 12.7. The zero-order valence-electron chi connectivity index (χ0n) is 53.1. The summed E-state index contributed by atoms with van der Waals surface area (Å²) < 4.78 is 136. The van der Waals surface area contributed by atoms with E-state index in [4.69, 9.17) is 9.97 Å². The van der Waals surface area contributed by atoms with Gasteiger partial charge in [0, 0.05) is 61.0 Å². The molecule has 0 atom stereocenters. The zero-order chi connectivity index (χ0) is 68.3. The summed E-state index contributed by atoms with van der Waals surface area (Å²) in [4.78, 5) is 10.6. The van der Waals surface area contributed by atoms with Gasteiger partial charge in [0.2, 0.25) is 0 Å². The fourth-order valence-electron chi connectivity index (χ4n) is 14.9. The van der Waals surface area contributed by atoms with E-state index in [1.54, 1.807) is 19.1 Å². The van der Waals surface area contributed by atoms with Crippen molar-refractivity contribution in [1.82, 2.24) is 19.1 Å². The van der Waals surface area contributed by atoms with E-state index in [1.807, 2.05) is 127 Å². The Labute approximate surface area is 567 Å². The van der Waals surface area contributed by atoms with Gasteiger partial charge in [-0.2, -0.15) is 39.5 Å². The lowest BCUT2D eigenvalue weighted by atomic mass is 9.86. The predicted molar refractivity (Wildman–Crippen MR) is 381 cm³/mol. The molecule has 0 unspecified atom stereocenters. The van der Waals surface area contributed by atoms with E-state index in [9.17, 15) is 26.3 Å². The lowest BCUT2D eigenvalue weighted by molar-refractivity contribution is -0.143. The van der Waals surface area contributed by atoms with Gasteiger partial charge in [0.25, 0.3) is 0 Å². The number of aryl methyl sites for hydroxylation is 1. The van der Waals surface area contributed by atoms with Gasteiger partial charge in [0.05, 0.1) is 55.8 Å². The highest BCUT2D eigenvalue weighted by atomic mass is 19.4. The van der Waals surface area contributed by atoms with Gasteiger partial charge in [-0.05, 0) is 165 Å². The van der Waals surface area contributed by atoms with Crippen LogP contribution in [-0.4, -0.2) is 19.1 Å². The van der Waals surface area contributed by atoms with Crippen LogP contribution in [0.5, 0.6) is 0 Å². The average molecular weight is 1330 g/mol. The number of hydrogen-bond acceptors (Lipinski definition) is 2. The first-order valence-corrected chi connectivity index (χ1v) is 32.5. The van der Waals surface area contributed by atoms with E-state index in [-0.39, 0.29) is 17.5 Å². The van der Waals surface area contributed by atoms with Crippen molar-refractivity contribution in [2.45, 2.75) is 31.4 Å². The third-order valence-electron chi connectivity index (χ3n) is 19.4. The summed E-state index contributed by atoms with van der Waals surface area (Å²) in [5.41, 5.74) is 13.7. The van der Waals surface area contributed by atoms with Crippen LogP contribution in [0.15, 0.2) is 297 Å². The first-order chi connectivity index (χ1) is 48.4. The minimum Gasteiger partial charge on any atom is -0.309 e. The van der Waals surface area contributed by atoms with Crippen LogP contribution in [0, 0.1) is 6.92 Å². The number of para-hydroxylation sites is 2. The third kappa shape index (κ3) is 10.6. The summed E-state index contributed by atoms with van der Waals surface area (Å²) in [6, 6.07) is 91.4. The molecule has 0 saturated carbocycles. The first kappa shape index (κ1) is 61.5. The van der Waals surface area contributed by atoms with Crippen molar-refractivity contribution in [3.63, 3.8) is 0 Å². The molecule has 0 N–H and O–H groups in total. The van der Waals surface area contributed by atoms with Crippen molar-refractivity contribution in [2.75, 3.05) is 0 Å². The second kappa shape index (κ2) is 23.6. The molecule has 13 heteroatoms. The number of nitrogens with zero attached hydrogens (tertiary/aromatic N) is 4. The highest BCUT2D eigenvalue weighted by Crippen LogP contribution is 2.52. The molecule has 0 radical (unpaired) electrons. The van der Waals surface area contributed by atoms with Crippen molar-refractivity contribution in [3.05, 3.63) is 336 Å². The molecule has 100 heavy (non-hydrogen) atoms. The number of halogens is 9. The van der Waals surface area contributed by atoms with Gasteiger partial charge in [0.1, 0.15) is 0 Å². The van der Waals surface area contributed by atoms with E-state index in [0.29, 0.717) is 84.2 Å². The maximum atomic E-state index is 15.4. The van der Waals surface area contributed by atoms with E-state index in [0.717, 1.165) is 95.8 Å². The minimum atomic E-state index is -5.21. The van der Waals surface area contributed by atoms with Crippen LogP contribution in [0.2, 0.25) is 0 Å². The van der Waals surface area contributed by atoms with Gasteiger partial charge in [-0.3, -0.25) is 0 Å². The van der Waals surface area contributed by atoms with Gasteiger partial charge in [0.15, 0.2) is 5.82 Å². The Morgan fingerprint density at radius 3 is 1.35 bits per heavy atom. The molecule has 0 aliphatic heterocycles. The maximum absolute atomic E-state index is 15.4. The maximum Gasteiger partial charge on any atom is 0.417 e. The molecular formula is C87H53F9N4. The second-order valence-electron chi connectivity index (χ2n) is 25.3. The molecule has 17 rings (SSSR count). The fraction of sp³-hybridized carbons (Fsp3) is 0.0575. The van der Waals surface area contributed by atoms with E-state index >= 15 is 13.2 Å². The Morgan fingerprint density at radius 2 is 0.770 bits per heavy atom. The lowest BCUT2D eigenvalue weighted by Gasteiger charge is -2.23. The van der Waals surface area contributed by atoms with Crippen molar-refractivity contribution in [3.8, 4) is 101 Å².